The minimum Gasteiger partial charge on any atom is -0.495 e. The van der Waals surface area contributed by atoms with Gasteiger partial charge in [0, 0.05) is 11.0 Å². The first-order valence-corrected chi connectivity index (χ1v) is 13.2. The molecule has 0 fully saturated rings. The Labute approximate surface area is 214 Å². The van der Waals surface area contributed by atoms with Gasteiger partial charge in [-0.1, -0.05) is 70.0 Å². The van der Waals surface area contributed by atoms with Crippen molar-refractivity contribution >= 4 is 43.5 Å². The SMILES string of the molecule is COc1ccc(S(=O)(=O)N(CCc2ccccc2)CC(=O)NC(C)c2ccc(Br)cc2)cc1Cl. The summed E-state index contributed by atoms with van der Waals surface area (Å²) in [6, 6.07) is 21.1. The van der Waals surface area contributed by atoms with Crippen LogP contribution < -0.4 is 10.1 Å². The number of hydrogen-bond donors (Lipinski definition) is 1. The summed E-state index contributed by atoms with van der Waals surface area (Å²) in [4.78, 5) is 12.9. The summed E-state index contributed by atoms with van der Waals surface area (Å²) in [5.74, 6) is -0.0239. The van der Waals surface area contributed by atoms with Crippen molar-refractivity contribution < 1.29 is 17.9 Å². The van der Waals surface area contributed by atoms with Crippen LogP contribution in [-0.4, -0.2) is 38.8 Å². The molecule has 3 aromatic rings. The Bertz CT molecular complexity index is 1220. The summed E-state index contributed by atoms with van der Waals surface area (Å²) in [5.41, 5.74) is 1.89. The smallest absolute Gasteiger partial charge is 0.243 e. The van der Waals surface area contributed by atoms with Gasteiger partial charge in [-0.05, 0) is 54.8 Å². The Morgan fingerprint density at radius 2 is 1.76 bits per heavy atom. The Morgan fingerprint density at radius 3 is 2.38 bits per heavy atom. The molecule has 0 saturated heterocycles. The number of rotatable bonds is 10. The Balaban J connectivity index is 1.81. The summed E-state index contributed by atoms with van der Waals surface area (Å²) in [7, 11) is -2.54. The Kier molecular flexibility index (Phi) is 9.13. The number of halogens is 2. The minimum atomic E-state index is -3.99. The van der Waals surface area contributed by atoms with Gasteiger partial charge >= 0.3 is 0 Å². The zero-order valence-corrected chi connectivity index (χ0v) is 22.0. The molecule has 1 unspecified atom stereocenters. The molecule has 0 radical (unpaired) electrons. The lowest BCUT2D eigenvalue weighted by Gasteiger charge is -2.23. The molecule has 0 aromatic heterocycles. The van der Waals surface area contributed by atoms with Crippen molar-refractivity contribution in [1.82, 2.24) is 9.62 Å². The van der Waals surface area contributed by atoms with Gasteiger partial charge in [-0.15, -0.1) is 0 Å². The van der Waals surface area contributed by atoms with Gasteiger partial charge in [0.15, 0.2) is 0 Å². The number of sulfonamides is 1. The molecule has 0 saturated carbocycles. The molecular formula is C25H26BrClN2O4S. The van der Waals surface area contributed by atoms with Crippen LogP contribution in [0.15, 0.2) is 82.2 Å². The number of benzene rings is 3. The number of carbonyl (C=O) groups is 1. The average molecular weight is 566 g/mol. The van der Waals surface area contributed by atoms with Crippen molar-refractivity contribution in [2.24, 2.45) is 0 Å². The molecule has 0 heterocycles. The second kappa shape index (κ2) is 11.8. The van der Waals surface area contributed by atoms with E-state index in [0.717, 1.165) is 15.6 Å². The van der Waals surface area contributed by atoms with Crippen LogP contribution in [0.3, 0.4) is 0 Å². The van der Waals surface area contributed by atoms with Crippen molar-refractivity contribution in [1.29, 1.82) is 0 Å². The first-order valence-electron chi connectivity index (χ1n) is 10.6. The number of carbonyl (C=O) groups excluding carboxylic acids is 1. The average Bonchev–Trinajstić information content (AvgIpc) is 2.82. The molecule has 0 bridgehead atoms. The van der Waals surface area contributed by atoms with E-state index in [2.05, 4.69) is 21.2 Å². The molecule has 3 aromatic carbocycles. The van der Waals surface area contributed by atoms with E-state index in [9.17, 15) is 13.2 Å². The molecule has 3 rings (SSSR count). The van der Waals surface area contributed by atoms with Crippen LogP contribution in [0.5, 0.6) is 5.75 Å². The molecule has 1 N–H and O–H groups in total. The van der Waals surface area contributed by atoms with Gasteiger partial charge < -0.3 is 10.1 Å². The molecule has 0 aliphatic heterocycles. The maximum atomic E-state index is 13.5. The van der Waals surface area contributed by atoms with E-state index in [1.54, 1.807) is 0 Å². The number of methoxy groups -OCH3 is 1. The summed E-state index contributed by atoms with van der Waals surface area (Å²) in [6.07, 6.45) is 0.458. The van der Waals surface area contributed by atoms with E-state index in [1.807, 2.05) is 61.5 Å². The highest BCUT2D eigenvalue weighted by molar-refractivity contribution is 9.10. The highest BCUT2D eigenvalue weighted by Crippen LogP contribution is 2.28. The van der Waals surface area contributed by atoms with Crippen molar-refractivity contribution in [3.8, 4) is 5.75 Å². The van der Waals surface area contributed by atoms with Crippen LogP contribution in [0.4, 0.5) is 0 Å². The Hall–Kier alpha value is -2.39. The van der Waals surface area contributed by atoms with Gasteiger partial charge in [0.1, 0.15) is 5.75 Å². The Morgan fingerprint density at radius 1 is 1.09 bits per heavy atom. The van der Waals surface area contributed by atoms with E-state index in [0.29, 0.717) is 12.2 Å². The predicted octanol–water partition coefficient (Wildman–Crippen LogP) is 5.22. The van der Waals surface area contributed by atoms with E-state index in [4.69, 9.17) is 16.3 Å². The van der Waals surface area contributed by atoms with Crippen molar-refractivity contribution in [3.05, 3.63) is 93.4 Å². The normalized spacial score (nSPS) is 12.4. The fourth-order valence-corrected chi connectivity index (χ4v) is 5.43. The van der Waals surface area contributed by atoms with E-state index in [-0.39, 0.29) is 29.0 Å². The largest absolute Gasteiger partial charge is 0.495 e. The van der Waals surface area contributed by atoms with Crippen molar-refractivity contribution in [2.75, 3.05) is 20.2 Å². The second-order valence-corrected chi connectivity index (χ2v) is 11.0. The monoisotopic (exact) mass is 564 g/mol. The molecular weight excluding hydrogens is 540 g/mol. The third-order valence-electron chi connectivity index (χ3n) is 5.32. The second-order valence-electron chi connectivity index (χ2n) is 7.71. The lowest BCUT2D eigenvalue weighted by atomic mass is 10.1. The number of nitrogens with zero attached hydrogens (tertiary/aromatic N) is 1. The fourth-order valence-electron chi connectivity index (χ4n) is 3.42. The van der Waals surface area contributed by atoms with Crippen LogP contribution in [0, 0.1) is 0 Å². The first kappa shape index (κ1) is 26.2. The fraction of sp³-hybridized carbons (Fsp3) is 0.240. The molecule has 180 valence electrons. The maximum Gasteiger partial charge on any atom is 0.243 e. The van der Waals surface area contributed by atoms with E-state index >= 15 is 0 Å². The molecule has 0 spiro atoms. The van der Waals surface area contributed by atoms with Crippen molar-refractivity contribution in [2.45, 2.75) is 24.3 Å². The standard InChI is InChI=1S/C25H26BrClN2O4S/c1-18(20-8-10-21(26)11-9-20)28-25(30)17-29(15-14-19-6-4-3-5-7-19)34(31,32)22-12-13-24(33-2)23(27)16-22/h3-13,16,18H,14-15,17H2,1-2H3,(H,28,30). The van der Waals surface area contributed by atoms with Crippen molar-refractivity contribution in [3.63, 3.8) is 0 Å². The predicted molar refractivity (Wildman–Crippen MR) is 138 cm³/mol. The van der Waals surface area contributed by atoms with Gasteiger partial charge in [-0.3, -0.25) is 4.79 Å². The zero-order valence-electron chi connectivity index (χ0n) is 18.9. The number of ether oxygens (including phenoxy) is 1. The van der Waals surface area contributed by atoms with Gasteiger partial charge in [0.25, 0.3) is 0 Å². The highest BCUT2D eigenvalue weighted by Gasteiger charge is 2.28. The lowest BCUT2D eigenvalue weighted by Crippen LogP contribution is -2.42. The molecule has 9 heteroatoms. The maximum absolute atomic E-state index is 13.5. The molecule has 6 nitrogen and oxygen atoms in total. The zero-order chi connectivity index (χ0) is 24.7. The highest BCUT2D eigenvalue weighted by atomic mass is 79.9. The van der Waals surface area contributed by atoms with Crippen LogP contribution in [0.1, 0.15) is 24.1 Å². The van der Waals surface area contributed by atoms with E-state index in [1.165, 1.54) is 29.6 Å². The summed E-state index contributed by atoms with van der Waals surface area (Å²) >= 11 is 9.57. The van der Waals surface area contributed by atoms with Gasteiger partial charge in [-0.25, -0.2) is 8.42 Å². The van der Waals surface area contributed by atoms with Gasteiger partial charge in [-0.2, -0.15) is 4.31 Å². The van der Waals surface area contributed by atoms with E-state index < -0.39 is 15.9 Å². The van der Waals surface area contributed by atoms with Crippen LogP contribution in [-0.2, 0) is 21.2 Å². The van der Waals surface area contributed by atoms with Crippen LogP contribution >= 0.6 is 27.5 Å². The number of amides is 1. The summed E-state index contributed by atoms with van der Waals surface area (Å²) in [6.45, 7) is 1.67. The molecule has 1 atom stereocenters. The number of hydrogen-bond acceptors (Lipinski definition) is 4. The number of nitrogens with one attached hydrogen (secondary N) is 1. The summed E-state index contributed by atoms with van der Waals surface area (Å²) < 4.78 is 34.2. The lowest BCUT2D eigenvalue weighted by molar-refractivity contribution is -0.121. The van der Waals surface area contributed by atoms with Gasteiger partial charge in [0.05, 0.1) is 29.6 Å². The topological polar surface area (TPSA) is 75.7 Å². The minimum absolute atomic E-state index is 0.000111. The first-order chi connectivity index (χ1) is 16.2. The third kappa shape index (κ3) is 6.82. The third-order valence-corrected chi connectivity index (χ3v) is 7.99. The molecule has 0 aliphatic rings. The van der Waals surface area contributed by atoms with Gasteiger partial charge in [0.2, 0.25) is 15.9 Å². The molecule has 0 aliphatic carbocycles. The quantitative estimate of drug-likeness (QED) is 0.366. The van der Waals surface area contributed by atoms with Crippen LogP contribution in [0.2, 0.25) is 5.02 Å². The molecule has 1 amide bonds. The van der Waals surface area contributed by atoms with Crippen LogP contribution in [0.25, 0.3) is 0 Å². The molecule has 34 heavy (non-hydrogen) atoms. The summed E-state index contributed by atoms with van der Waals surface area (Å²) in [5, 5.41) is 3.07.